The molecule has 0 aliphatic carbocycles. The van der Waals surface area contributed by atoms with Gasteiger partial charge in [-0.1, -0.05) is 29.5 Å². The van der Waals surface area contributed by atoms with Gasteiger partial charge in [-0.15, -0.1) is 21.5 Å². The van der Waals surface area contributed by atoms with Crippen LogP contribution in [-0.2, 0) is 4.79 Å². The Hall–Kier alpha value is -2.78. The van der Waals surface area contributed by atoms with Gasteiger partial charge < -0.3 is 10.1 Å². The fourth-order valence-electron chi connectivity index (χ4n) is 2.10. The van der Waals surface area contributed by atoms with Gasteiger partial charge in [0.15, 0.2) is 0 Å². The molecular weight excluding hydrogens is 372 g/mol. The maximum atomic E-state index is 12.3. The maximum Gasteiger partial charge on any atom is 0.261 e. The highest BCUT2D eigenvalue weighted by Crippen LogP contribution is 2.28. The van der Waals surface area contributed by atoms with Crippen LogP contribution < -0.4 is 15.4 Å². The molecule has 2 heterocycles. The van der Waals surface area contributed by atoms with Gasteiger partial charge in [0, 0.05) is 5.56 Å². The molecule has 0 aliphatic rings. The quantitative estimate of drug-likeness (QED) is 0.677. The van der Waals surface area contributed by atoms with E-state index in [1.165, 1.54) is 22.7 Å². The van der Waals surface area contributed by atoms with E-state index in [1.807, 2.05) is 24.3 Å². The lowest BCUT2D eigenvalue weighted by atomic mass is 10.2. The van der Waals surface area contributed by atoms with Gasteiger partial charge in [-0.2, -0.15) is 0 Å². The summed E-state index contributed by atoms with van der Waals surface area (Å²) in [4.78, 5) is 24.8. The van der Waals surface area contributed by atoms with Crippen LogP contribution in [0, 0.1) is 0 Å². The molecule has 0 spiro atoms. The molecule has 134 valence electrons. The monoisotopic (exact) mass is 388 g/mol. The van der Waals surface area contributed by atoms with E-state index < -0.39 is 6.04 Å². The maximum absolute atomic E-state index is 12.3. The van der Waals surface area contributed by atoms with Gasteiger partial charge in [0.25, 0.3) is 5.91 Å². The zero-order valence-electron chi connectivity index (χ0n) is 14.1. The van der Waals surface area contributed by atoms with Crippen molar-refractivity contribution in [3.8, 4) is 16.3 Å². The van der Waals surface area contributed by atoms with Crippen molar-refractivity contribution in [2.24, 2.45) is 0 Å². The fourth-order valence-corrected chi connectivity index (χ4v) is 3.47. The van der Waals surface area contributed by atoms with Gasteiger partial charge in [-0.3, -0.25) is 14.9 Å². The standard InChI is InChI=1S/C17H16N4O3S2/c1-10(18-15(23)13-7-4-8-25-13)14(22)19-17-21-20-16(26-17)11-5-3-6-12(9-11)24-2/h3-10H,1-2H3,(H,18,23)(H,19,21,22). The number of rotatable bonds is 6. The molecule has 1 aromatic carbocycles. The molecule has 26 heavy (non-hydrogen) atoms. The summed E-state index contributed by atoms with van der Waals surface area (Å²) in [5.41, 5.74) is 0.849. The van der Waals surface area contributed by atoms with Gasteiger partial charge >= 0.3 is 0 Å². The Morgan fingerprint density at radius 3 is 2.77 bits per heavy atom. The highest BCUT2D eigenvalue weighted by atomic mass is 32.1. The van der Waals surface area contributed by atoms with Crippen LogP contribution in [0.3, 0.4) is 0 Å². The van der Waals surface area contributed by atoms with Crippen molar-refractivity contribution in [1.29, 1.82) is 0 Å². The topological polar surface area (TPSA) is 93.2 Å². The number of methoxy groups -OCH3 is 1. The van der Waals surface area contributed by atoms with Crippen LogP contribution in [0.1, 0.15) is 16.6 Å². The third kappa shape index (κ3) is 4.24. The first-order valence-electron chi connectivity index (χ1n) is 7.70. The molecule has 2 aromatic heterocycles. The molecule has 0 saturated carbocycles. The van der Waals surface area contributed by atoms with Crippen LogP contribution in [0.25, 0.3) is 10.6 Å². The summed E-state index contributed by atoms with van der Waals surface area (Å²) in [6.07, 6.45) is 0. The van der Waals surface area contributed by atoms with Crippen molar-refractivity contribution < 1.29 is 14.3 Å². The number of hydrogen-bond acceptors (Lipinski definition) is 7. The number of aromatic nitrogens is 2. The number of amides is 2. The number of anilines is 1. The lowest BCUT2D eigenvalue weighted by molar-refractivity contribution is -0.117. The summed E-state index contributed by atoms with van der Waals surface area (Å²) in [6.45, 7) is 1.62. The Balaban J connectivity index is 1.62. The van der Waals surface area contributed by atoms with Gasteiger partial charge in [0.05, 0.1) is 12.0 Å². The Labute approximate surface area is 158 Å². The molecule has 0 bridgehead atoms. The van der Waals surface area contributed by atoms with Crippen molar-refractivity contribution >= 4 is 39.6 Å². The Kier molecular flexibility index (Phi) is 5.59. The van der Waals surface area contributed by atoms with Crippen molar-refractivity contribution in [1.82, 2.24) is 15.5 Å². The Bertz CT molecular complexity index is 908. The molecule has 3 aromatic rings. The van der Waals surface area contributed by atoms with Gasteiger partial charge in [0.2, 0.25) is 11.0 Å². The van der Waals surface area contributed by atoms with E-state index in [1.54, 1.807) is 31.5 Å². The minimum Gasteiger partial charge on any atom is -0.497 e. The molecular formula is C17H16N4O3S2. The minimum absolute atomic E-state index is 0.281. The van der Waals surface area contributed by atoms with E-state index in [2.05, 4.69) is 20.8 Å². The first-order valence-corrected chi connectivity index (χ1v) is 9.39. The van der Waals surface area contributed by atoms with Crippen molar-refractivity contribution in [3.63, 3.8) is 0 Å². The highest BCUT2D eigenvalue weighted by molar-refractivity contribution is 7.18. The summed E-state index contributed by atoms with van der Waals surface area (Å²) in [7, 11) is 1.59. The third-order valence-electron chi connectivity index (χ3n) is 3.46. The van der Waals surface area contributed by atoms with E-state index in [4.69, 9.17) is 4.74 Å². The highest BCUT2D eigenvalue weighted by Gasteiger charge is 2.19. The number of nitrogens with zero attached hydrogens (tertiary/aromatic N) is 2. The molecule has 1 unspecified atom stereocenters. The SMILES string of the molecule is COc1cccc(-c2nnc(NC(=O)C(C)NC(=O)c3cccs3)s2)c1. The average Bonchev–Trinajstić information content (AvgIpc) is 3.33. The van der Waals surface area contributed by atoms with E-state index in [0.29, 0.717) is 20.8 Å². The summed E-state index contributed by atoms with van der Waals surface area (Å²) >= 11 is 2.57. The minimum atomic E-state index is -0.700. The van der Waals surface area contributed by atoms with Gasteiger partial charge in [-0.25, -0.2) is 0 Å². The molecule has 2 amide bonds. The second kappa shape index (κ2) is 8.07. The average molecular weight is 388 g/mol. The second-order valence-corrected chi connectivity index (χ2v) is 7.23. The number of benzene rings is 1. The molecule has 0 radical (unpaired) electrons. The van der Waals surface area contributed by atoms with Crippen molar-refractivity contribution in [2.75, 3.05) is 12.4 Å². The summed E-state index contributed by atoms with van der Waals surface area (Å²) < 4.78 is 5.19. The Morgan fingerprint density at radius 2 is 2.04 bits per heavy atom. The van der Waals surface area contributed by atoms with Gasteiger partial charge in [-0.05, 0) is 30.5 Å². The van der Waals surface area contributed by atoms with Crippen LogP contribution in [-0.4, -0.2) is 35.2 Å². The zero-order chi connectivity index (χ0) is 18.5. The summed E-state index contributed by atoms with van der Waals surface area (Å²) in [5.74, 6) is 0.0772. The van der Waals surface area contributed by atoms with E-state index in [9.17, 15) is 9.59 Å². The van der Waals surface area contributed by atoms with Crippen LogP contribution in [0.15, 0.2) is 41.8 Å². The molecule has 7 nitrogen and oxygen atoms in total. The predicted molar refractivity (Wildman–Crippen MR) is 102 cm³/mol. The third-order valence-corrected chi connectivity index (χ3v) is 5.21. The van der Waals surface area contributed by atoms with E-state index in [-0.39, 0.29) is 11.8 Å². The Morgan fingerprint density at radius 1 is 1.19 bits per heavy atom. The molecule has 9 heteroatoms. The zero-order valence-corrected chi connectivity index (χ0v) is 15.7. The molecule has 0 saturated heterocycles. The van der Waals surface area contributed by atoms with E-state index >= 15 is 0 Å². The number of ether oxygens (including phenoxy) is 1. The van der Waals surface area contributed by atoms with Gasteiger partial charge in [0.1, 0.15) is 16.8 Å². The molecule has 1 atom stereocenters. The first-order chi connectivity index (χ1) is 12.6. The lowest BCUT2D eigenvalue weighted by Crippen LogP contribution is -2.41. The largest absolute Gasteiger partial charge is 0.497 e. The van der Waals surface area contributed by atoms with Crippen molar-refractivity contribution in [2.45, 2.75) is 13.0 Å². The first kappa shape index (κ1) is 18.0. The van der Waals surface area contributed by atoms with Crippen LogP contribution in [0.4, 0.5) is 5.13 Å². The summed E-state index contributed by atoms with van der Waals surface area (Å²) in [5, 5.41) is 16.2. The van der Waals surface area contributed by atoms with Crippen molar-refractivity contribution in [3.05, 3.63) is 46.7 Å². The second-order valence-electron chi connectivity index (χ2n) is 5.31. The molecule has 0 aliphatic heterocycles. The molecule has 2 N–H and O–H groups in total. The lowest BCUT2D eigenvalue weighted by Gasteiger charge is -2.11. The molecule has 0 fully saturated rings. The number of hydrogen-bond donors (Lipinski definition) is 2. The van der Waals surface area contributed by atoms with E-state index in [0.717, 1.165) is 5.56 Å². The van der Waals surface area contributed by atoms with Crippen LogP contribution in [0.5, 0.6) is 5.75 Å². The summed E-state index contributed by atoms with van der Waals surface area (Å²) in [6, 6.07) is 10.2. The number of nitrogens with one attached hydrogen (secondary N) is 2. The number of carbonyl (C=O) groups is 2. The fraction of sp³-hybridized carbons (Fsp3) is 0.176. The van der Waals surface area contributed by atoms with Crippen LogP contribution >= 0.6 is 22.7 Å². The number of carbonyl (C=O) groups excluding carboxylic acids is 2. The molecule has 3 rings (SSSR count). The number of thiophene rings is 1. The normalized spacial score (nSPS) is 11.6. The predicted octanol–water partition coefficient (Wildman–Crippen LogP) is 3.03. The van der Waals surface area contributed by atoms with Crippen LogP contribution in [0.2, 0.25) is 0 Å². The smallest absolute Gasteiger partial charge is 0.261 e.